The van der Waals surface area contributed by atoms with Crippen LogP contribution < -0.4 is 5.32 Å². The third-order valence-corrected chi connectivity index (χ3v) is 4.52. The normalized spacial score (nSPS) is 31.3. The quantitative estimate of drug-likeness (QED) is 0.883. The van der Waals surface area contributed by atoms with Gasteiger partial charge in [-0.2, -0.15) is 0 Å². The number of hydrogen-bond donors (Lipinski definition) is 1. The highest BCUT2D eigenvalue weighted by molar-refractivity contribution is 5.32. The Kier molecular flexibility index (Phi) is 3.67. The van der Waals surface area contributed by atoms with Crippen molar-refractivity contribution in [3.8, 4) is 0 Å². The second-order valence-electron chi connectivity index (χ2n) is 5.68. The summed E-state index contributed by atoms with van der Waals surface area (Å²) in [6.07, 6.45) is 7.97. The van der Waals surface area contributed by atoms with Crippen LogP contribution in [-0.2, 0) is 11.2 Å². The summed E-state index contributed by atoms with van der Waals surface area (Å²) in [6, 6.07) is 10.1. The van der Waals surface area contributed by atoms with Gasteiger partial charge in [0.1, 0.15) is 0 Å². The van der Waals surface area contributed by atoms with Crippen molar-refractivity contribution >= 4 is 0 Å². The Bertz CT molecular complexity index is 404. The molecule has 18 heavy (non-hydrogen) atoms. The maximum atomic E-state index is 5.46. The predicted octanol–water partition coefficient (Wildman–Crippen LogP) is 3.22. The van der Waals surface area contributed by atoms with E-state index >= 15 is 0 Å². The molecule has 0 radical (unpaired) electrons. The molecule has 0 aromatic heterocycles. The standard InChI is InChI=1S/C16H23NO/c1-18-14-10-9-13(11-14)17-16-8-4-6-12-5-2-3-7-15(12)16/h2-3,5,7,13-14,16-17H,4,6,8-11H2,1H3. The maximum absolute atomic E-state index is 5.46. The van der Waals surface area contributed by atoms with Gasteiger partial charge in [-0.15, -0.1) is 0 Å². The van der Waals surface area contributed by atoms with E-state index in [2.05, 4.69) is 29.6 Å². The van der Waals surface area contributed by atoms with Gasteiger partial charge in [0.25, 0.3) is 0 Å². The minimum Gasteiger partial charge on any atom is -0.381 e. The molecular weight excluding hydrogens is 222 g/mol. The van der Waals surface area contributed by atoms with Crippen molar-refractivity contribution in [2.45, 2.75) is 56.7 Å². The molecule has 1 fully saturated rings. The van der Waals surface area contributed by atoms with E-state index in [4.69, 9.17) is 4.74 Å². The molecule has 0 saturated heterocycles. The number of hydrogen-bond acceptors (Lipinski definition) is 2. The molecule has 1 saturated carbocycles. The third kappa shape index (κ3) is 2.45. The second-order valence-corrected chi connectivity index (χ2v) is 5.68. The smallest absolute Gasteiger partial charge is 0.0586 e. The summed E-state index contributed by atoms with van der Waals surface area (Å²) in [5.74, 6) is 0. The number of fused-ring (bicyclic) bond motifs is 1. The Balaban J connectivity index is 1.67. The maximum Gasteiger partial charge on any atom is 0.0586 e. The van der Waals surface area contributed by atoms with Crippen LogP contribution in [0.3, 0.4) is 0 Å². The summed E-state index contributed by atoms with van der Waals surface area (Å²) in [5, 5.41) is 3.86. The molecule has 3 rings (SSSR count). The Morgan fingerprint density at radius 2 is 2.06 bits per heavy atom. The molecule has 0 heterocycles. The largest absolute Gasteiger partial charge is 0.381 e. The van der Waals surface area contributed by atoms with Crippen molar-refractivity contribution < 1.29 is 4.74 Å². The highest BCUT2D eigenvalue weighted by Gasteiger charge is 2.28. The lowest BCUT2D eigenvalue weighted by molar-refractivity contribution is 0.106. The number of rotatable bonds is 3. The van der Waals surface area contributed by atoms with Crippen LogP contribution in [0, 0.1) is 0 Å². The molecule has 1 aromatic rings. The van der Waals surface area contributed by atoms with Crippen molar-refractivity contribution in [2.24, 2.45) is 0 Å². The zero-order valence-electron chi connectivity index (χ0n) is 11.2. The first-order chi connectivity index (χ1) is 8.86. The average Bonchev–Trinajstić information content (AvgIpc) is 2.87. The zero-order chi connectivity index (χ0) is 12.4. The summed E-state index contributed by atoms with van der Waals surface area (Å²) < 4.78 is 5.46. The minimum atomic E-state index is 0.473. The van der Waals surface area contributed by atoms with Crippen LogP contribution in [0.5, 0.6) is 0 Å². The number of nitrogens with one attached hydrogen (secondary N) is 1. The Morgan fingerprint density at radius 1 is 1.17 bits per heavy atom. The monoisotopic (exact) mass is 245 g/mol. The summed E-state index contributed by atoms with van der Waals surface area (Å²) in [7, 11) is 1.84. The topological polar surface area (TPSA) is 21.3 Å². The van der Waals surface area contributed by atoms with Gasteiger partial charge in [-0.25, -0.2) is 0 Å². The Hall–Kier alpha value is -0.860. The molecule has 2 heteroatoms. The van der Waals surface area contributed by atoms with Gasteiger partial charge in [-0.05, 0) is 49.7 Å². The molecule has 2 aliphatic rings. The van der Waals surface area contributed by atoms with Crippen LogP contribution in [0.4, 0.5) is 0 Å². The molecule has 0 bridgehead atoms. The van der Waals surface area contributed by atoms with Gasteiger partial charge < -0.3 is 10.1 Å². The molecule has 2 nitrogen and oxygen atoms in total. The van der Waals surface area contributed by atoms with Crippen LogP contribution in [0.15, 0.2) is 24.3 Å². The van der Waals surface area contributed by atoms with E-state index in [0.717, 1.165) is 0 Å². The van der Waals surface area contributed by atoms with Crippen LogP contribution in [0.25, 0.3) is 0 Å². The SMILES string of the molecule is COC1CCC(NC2CCCc3ccccc32)C1. The van der Waals surface area contributed by atoms with Gasteiger partial charge in [-0.1, -0.05) is 24.3 Å². The molecule has 1 N–H and O–H groups in total. The predicted molar refractivity (Wildman–Crippen MR) is 73.7 cm³/mol. The molecule has 1 aromatic carbocycles. The van der Waals surface area contributed by atoms with E-state index < -0.39 is 0 Å². The highest BCUT2D eigenvalue weighted by atomic mass is 16.5. The third-order valence-electron chi connectivity index (χ3n) is 4.52. The van der Waals surface area contributed by atoms with Crippen LogP contribution in [0.2, 0.25) is 0 Å². The highest BCUT2D eigenvalue weighted by Crippen LogP contribution is 2.32. The molecule has 0 amide bonds. The lowest BCUT2D eigenvalue weighted by Crippen LogP contribution is -2.33. The molecule has 0 spiro atoms. The Morgan fingerprint density at radius 3 is 2.89 bits per heavy atom. The average molecular weight is 245 g/mol. The van der Waals surface area contributed by atoms with Crippen molar-refractivity contribution in [2.75, 3.05) is 7.11 Å². The molecular formula is C16H23NO. The van der Waals surface area contributed by atoms with Crippen LogP contribution >= 0.6 is 0 Å². The second kappa shape index (κ2) is 5.41. The summed E-state index contributed by atoms with van der Waals surface area (Å²) in [5.41, 5.74) is 3.08. The number of aryl methyl sites for hydroxylation is 1. The molecule has 2 aliphatic carbocycles. The van der Waals surface area contributed by atoms with E-state index in [-0.39, 0.29) is 0 Å². The van der Waals surface area contributed by atoms with E-state index in [9.17, 15) is 0 Å². The van der Waals surface area contributed by atoms with Gasteiger partial charge in [0, 0.05) is 19.2 Å². The summed E-state index contributed by atoms with van der Waals surface area (Å²) >= 11 is 0. The number of methoxy groups -OCH3 is 1. The van der Waals surface area contributed by atoms with E-state index in [0.29, 0.717) is 18.2 Å². The first-order valence-corrected chi connectivity index (χ1v) is 7.23. The van der Waals surface area contributed by atoms with Gasteiger partial charge >= 0.3 is 0 Å². The van der Waals surface area contributed by atoms with Crippen molar-refractivity contribution in [1.29, 1.82) is 0 Å². The van der Waals surface area contributed by atoms with Crippen molar-refractivity contribution in [3.63, 3.8) is 0 Å². The lowest BCUT2D eigenvalue weighted by atomic mass is 9.87. The summed E-state index contributed by atoms with van der Waals surface area (Å²) in [4.78, 5) is 0. The van der Waals surface area contributed by atoms with Gasteiger partial charge in [0.2, 0.25) is 0 Å². The van der Waals surface area contributed by atoms with Crippen LogP contribution in [0.1, 0.15) is 49.3 Å². The fourth-order valence-electron chi connectivity index (χ4n) is 3.52. The Labute approximate surface area is 110 Å². The minimum absolute atomic E-state index is 0.473. The molecule has 0 aliphatic heterocycles. The lowest BCUT2D eigenvalue weighted by Gasteiger charge is -2.29. The van der Waals surface area contributed by atoms with Gasteiger partial charge in [0.15, 0.2) is 0 Å². The van der Waals surface area contributed by atoms with Gasteiger partial charge in [-0.3, -0.25) is 0 Å². The fourth-order valence-corrected chi connectivity index (χ4v) is 3.52. The zero-order valence-corrected chi connectivity index (χ0v) is 11.2. The number of benzene rings is 1. The molecule has 3 atom stereocenters. The molecule has 3 unspecified atom stereocenters. The van der Waals surface area contributed by atoms with Crippen molar-refractivity contribution in [3.05, 3.63) is 35.4 Å². The van der Waals surface area contributed by atoms with E-state index in [1.54, 1.807) is 5.56 Å². The first-order valence-electron chi connectivity index (χ1n) is 7.23. The fraction of sp³-hybridized carbons (Fsp3) is 0.625. The van der Waals surface area contributed by atoms with E-state index in [1.807, 2.05) is 7.11 Å². The van der Waals surface area contributed by atoms with Gasteiger partial charge in [0.05, 0.1) is 6.10 Å². The van der Waals surface area contributed by atoms with Crippen LogP contribution in [-0.4, -0.2) is 19.3 Å². The molecule has 98 valence electrons. The summed E-state index contributed by atoms with van der Waals surface area (Å²) in [6.45, 7) is 0. The first kappa shape index (κ1) is 12.2. The van der Waals surface area contributed by atoms with E-state index in [1.165, 1.54) is 44.1 Å². The number of ether oxygens (including phenoxy) is 1. The van der Waals surface area contributed by atoms with Crippen molar-refractivity contribution in [1.82, 2.24) is 5.32 Å².